The maximum atomic E-state index is 4.34. The minimum absolute atomic E-state index is 1.05. The van der Waals surface area contributed by atoms with Gasteiger partial charge in [-0.2, -0.15) is 0 Å². The van der Waals surface area contributed by atoms with Gasteiger partial charge in [0.15, 0.2) is 0 Å². The maximum absolute atomic E-state index is 4.34. The number of pyridine rings is 1. The highest BCUT2D eigenvalue weighted by Gasteiger charge is 2.09. The van der Waals surface area contributed by atoms with Crippen molar-refractivity contribution in [2.45, 2.75) is 6.42 Å². The van der Waals surface area contributed by atoms with Crippen molar-refractivity contribution in [3.8, 4) is 0 Å². The molecule has 2 heteroatoms. The first-order chi connectivity index (χ1) is 6.36. The molecule has 0 unspecified atom stereocenters. The maximum Gasteiger partial charge on any atom is 0.0659 e. The summed E-state index contributed by atoms with van der Waals surface area (Å²) in [5.41, 5.74) is 2.52. The topological polar surface area (TPSA) is 16.1 Å². The summed E-state index contributed by atoms with van der Waals surface area (Å²) in [5, 5.41) is 0. The lowest BCUT2D eigenvalue weighted by molar-refractivity contribution is 0.370. The molecule has 2 rings (SSSR count). The first-order valence-corrected chi connectivity index (χ1v) is 4.65. The van der Waals surface area contributed by atoms with Crippen LogP contribution in [0.15, 0.2) is 30.5 Å². The highest BCUT2D eigenvalue weighted by atomic mass is 15.1. The van der Waals surface area contributed by atoms with Gasteiger partial charge in [-0.25, -0.2) is 0 Å². The first-order valence-electron chi connectivity index (χ1n) is 4.65. The Morgan fingerprint density at radius 1 is 1.38 bits per heavy atom. The Hall–Kier alpha value is -1.15. The second-order valence-corrected chi connectivity index (χ2v) is 3.46. The molecule has 13 heavy (non-hydrogen) atoms. The molecule has 1 aromatic rings. The molecule has 0 radical (unpaired) electrons. The molecule has 2 nitrogen and oxygen atoms in total. The summed E-state index contributed by atoms with van der Waals surface area (Å²) < 4.78 is 0. The van der Waals surface area contributed by atoms with E-state index in [4.69, 9.17) is 0 Å². The second-order valence-electron chi connectivity index (χ2n) is 3.46. The van der Waals surface area contributed by atoms with Crippen LogP contribution in [0.25, 0.3) is 5.57 Å². The zero-order valence-electron chi connectivity index (χ0n) is 7.90. The van der Waals surface area contributed by atoms with Gasteiger partial charge in [0.25, 0.3) is 0 Å². The Morgan fingerprint density at radius 2 is 2.31 bits per heavy atom. The van der Waals surface area contributed by atoms with Crippen LogP contribution in [0.3, 0.4) is 0 Å². The largest absolute Gasteiger partial charge is 0.302 e. The van der Waals surface area contributed by atoms with Crippen LogP contribution in [-0.4, -0.2) is 30.0 Å². The molecule has 0 saturated heterocycles. The van der Waals surface area contributed by atoms with Gasteiger partial charge in [0.2, 0.25) is 0 Å². The highest BCUT2D eigenvalue weighted by Crippen LogP contribution is 2.18. The van der Waals surface area contributed by atoms with Crippen LogP contribution in [0.1, 0.15) is 12.1 Å². The molecular weight excluding hydrogens is 160 g/mol. The van der Waals surface area contributed by atoms with E-state index in [1.54, 1.807) is 0 Å². The minimum Gasteiger partial charge on any atom is -0.302 e. The molecule has 0 bridgehead atoms. The van der Waals surface area contributed by atoms with E-state index in [9.17, 15) is 0 Å². The molecule has 2 heterocycles. The average Bonchev–Trinajstić information content (AvgIpc) is 2.20. The summed E-state index contributed by atoms with van der Waals surface area (Å²) >= 11 is 0. The lowest BCUT2D eigenvalue weighted by Gasteiger charge is -2.21. The fourth-order valence-electron chi connectivity index (χ4n) is 1.56. The van der Waals surface area contributed by atoms with Gasteiger partial charge in [-0.3, -0.25) is 4.98 Å². The van der Waals surface area contributed by atoms with Crippen LogP contribution in [-0.2, 0) is 0 Å². The third-order valence-electron chi connectivity index (χ3n) is 2.41. The predicted molar refractivity (Wildman–Crippen MR) is 54.3 cm³/mol. The minimum atomic E-state index is 1.05. The van der Waals surface area contributed by atoms with Crippen molar-refractivity contribution in [3.63, 3.8) is 0 Å². The van der Waals surface area contributed by atoms with Crippen molar-refractivity contribution in [2.24, 2.45) is 0 Å². The Labute approximate surface area is 78.9 Å². The van der Waals surface area contributed by atoms with Gasteiger partial charge < -0.3 is 4.90 Å². The van der Waals surface area contributed by atoms with E-state index in [2.05, 4.69) is 29.1 Å². The van der Waals surface area contributed by atoms with Gasteiger partial charge in [0.1, 0.15) is 0 Å². The molecule has 1 aromatic heterocycles. The average molecular weight is 174 g/mol. The molecule has 0 spiro atoms. The molecule has 0 N–H and O–H groups in total. The van der Waals surface area contributed by atoms with Gasteiger partial charge in [-0.05, 0) is 31.2 Å². The summed E-state index contributed by atoms with van der Waals surface area (Å²) in [6.07, 6.45) is 5.24. The number of aromatic nitrogens is 1. The van der Waals surface area contributed by atoms with Crippen molar-refractivity contribution in [1.29, 1.82) is 0 Å². The summed E-state index contributed by atoms with van der Waals surface area (Å²) in [7, 11) is 2.14. The third kappa shape index (κ3) is 1.95. The Morgan fingerprint density at radius 3 is 2.92 bits per heavy atom. The third-order valence-corrected chi connectivity index (χ3v) is 2.41. The van der Waals surface area contributed by atoms with E-state index in [1.807, 2.05) is 18.3 Å². The molecule has 0 amide bonds. The Kier molecular flexibility index (Phi) is 2.41. The Bertz CT molecular complexity index is 303. The van der Waals surface area contributed by atoms with Crippen molar-refractivity contribution in [3.05, 3.63) is 36.2 Å². The van der Waals surface area contributed by atoms with Crippen LogP contribution in [0.2, 0.25) is 0 Å². The smallest absolute Gasteiger partial charge is 0.0659 e. The summed E-state index contributed by atoms with van der Waals surface area (Å²) in [6.45, 7) is 2.19. The van der Waals surface area contributed by atoms with Crippen LogP contribution in [0, 0.1) is 0 Å². The monoisotopic (exact) mass is 174 g/mol. The molecule has 0 fully saturated rings. The van der Waals surface area contributed by atoms with Crippen LogP contribution in [0.5, 0.6) is 0 Å². The summed E-state index contributed by atoms with van der Waals surface area (Å²) in [5.74, 6) is 0. The molecule has 0 aromatic carbocycles. The van der Waals surface area contributed by atoms with Crippen molar-refractivity contribution >= 4 is 5.57 Å². The Balaban J connectivity index is 2.19. The molecule has 1 aliphatic heterocycles. The van der Waals surface area contributed by atoms with Gasteiger partial charge in [0.05, 0.1) is 5.69 Å². The molecule has 0 aliphatic carbocycles. The SMILES string of the molecule is CN1CC=C(c2ccccn2)CC1. The zero-order valence-corrected chi connectivity index (χ0v) is 7.90. The van der Waals surface area contributed by atoms with E-state index < -0.39 is 0 Å². The number of hydrogen-bond acceptors (Lipinski definition) is 2. The molecule has 68 valence electrons. The van der Waals surface area contributed by atoms with Crippen LogP contribution in [0.4, 0.5) is 0 Å². The standard InChI is InChI=1S/C11H14N2/c1-13-8-5-10(6-9-13)11-4-2-3-7-12-11/h2-5,7H,6,8-9H2,1H3. The van der Waals surface area contributed by atoms with Crippen molar-refractivity contribution in [2.75, 3.05) is 20.1 Å². The number of likely N-dealkylation sites (N-methyl/N-ethyl adjacent to an activating group) is 1. The van der Waals surface area contributed by atoms with E-state index in [0.717, 1.165) is 25.2 Å². The van der Waals surface area contributed by atoms with E-state index in [-0.39, 0.29) is 0 Å². The van der Waals surface area contributed by atoms with Gasteiger partial charge in [0, 0.05) is 19.3 Å². The normalized spacial score (nSPS) is 18.4. The number of nitrogens with zero attached hydrogens (tertiary/aromatic N) is 2. The highest BCUT2D eigenvalue weighted by molar-refractivity contribution is 5.63. The number of hydrogen-bond donors (Lipinski definition) is 0. The van der Waals surface area contributed by atoms with Gasteiger partial charge >= 0.3 is 0 Å². The quantitative estimate of drug-likeness (QED) is 0.645. The second kappa shape index (κ2) is 3.71. The lowest BCUT2D eigenvalue weighted by atomic mass is 10.0. The van der Waals surface area contributed by atoms with Gasteiger partial charge in [-0.1, -0.05) is 12.1 Å². The van der Waals surface area contributed by atoms with Crippen molar-refractivity contribution in [1.82, 2.24) is 9.88 Å². The zero-order chi connectivity index (χ0) is 9.10. The fourth-order valence-corrected chi connectivity index (χ4v) is 1.56. The molecular formula is C11H14N2. The van der Waals surface area contributed by atoms with E-state index >= 15 is 0 Å². The predicted octanol–water partition coefficient (Wildman–Crippen LogP) is 1.80. The van der Waals surface area contributed by atoms with Crippen LogP contribution < -0.4 is 0 Å². The summed E-state index contributed by atoms with van der Waals surface area (Å²) in [6, 6.07) is 6.08. The molecule has 0 atom stereocenters. The van der Waals surface area contributed by atoms with Crippen molar-refractivity contribution < 1.29 is 0 Å². The van der Waals surface area contributed by atoms with E-state index in [0.29, 0.717) is 0 Å². The summed E-state index contributed by atoms with van der Waals surface area (Å²) in [4.78, 5) is 6.65. The van der Waals surface area contributed by atoms with Crippen LogP contribution >= 0.6 is 0 Å². The van der Waals surface area contributed by atoms with E-state index in [1.165, 1.54) is 5.57 Å². The van der Waals surface area contributed by atoms with Gasteiger partial charge in [-0.15, -0.1) is 0 Å². The first kappa shape index (κ1) is 8.45. The fraction of sp³-hybridized carbons (Fsp3) is 0.364. The number of rotatable bonds is 1. The lowest BCUT2D eigenvalue weighted by Crippen LogP contribution is -2.23. The molecule has 1 aliphatic rings. The molecule has 0 saturated carbocycles.